The van der Waals surface area contributed by atoms with Gasteiger partial charge in [-0.3, -0.25) is 10.1 Å². The number of carbonyl (C=O) groups excluding carboxylic acids is 2. The zero-order valence-electron chi connectivity index (χ0n) is 13.0. The van der Waals surface area contributed by atoms with Crippen LogP contribution in [0.4, 0.5) is 5.69 Å². The summed E-state index contributed by atoms with van der Waals surface area (Å²) in [5.41, 5.74) is -0.601. The Bertz CT molecular complexity index is 726. The lowest BCUT2D eigenvalue weighted by Crippen LogP contribution is -2.51. The summed E-state index contributed by atoms with van der Waals surface area (Å²) in [5.74, 6) is -4.88. The molecule has 128 valence electrons. The molecule has 1 aliphatic heterocycles. The molecule has 0 spiro atoms. The lowest BCUT2D eigenvalue weighted by molar-refractivity contribution is -0.384. The molecule has 0 aromatic heterocycles. The van der Waals surface area contributed by atoms with Crippen LogP contribution in [-0.4, -0.2) is 41.0 Å². The molecule has 0 radical (unpaired) electrons. The van der Waals surface area contributed by atoms with Gasteiger partial charge in [-0.05, 0) is 26.0 Å². The van der Waals surface area contributed by atoms with Crippen molar-refractivity contribution in [3.63, 3.8) is 0 Å². The minimum atomic E-state index is -2.69. The number of hydrogen-bond donors (Lipinski definition) is 1. The predicted octanol–water partition coefficient (Wildman–Crippen LogP) is 1.19. The van der Waals surface area contributed by atoms with Crippen LogP contribution in [0.5, 0.6) is 5.75 Å². The molecule has 9 nitrogen and oxygen atoms in total. The van der Waals surface area contributed by atoms with Gasteiger partial charge < -0.3 is 19.3 Å². The van der Waals surface area contributed by atoms with Crippen LogP contribution in [0.1, 0.15) is 19.4 Å². The van der Waals surface area contributed by atoms with Crippen LogP contribution in [0.25, 0.3) is 6.08 Å². The number of nitro benzene ring substituents is 1. The van der Waals surface area contributed by atoms with E-state index in [1.54, 1.807) is 6.92 Å². The van der Waals surface area contributed by atoms with E-state index in [0.29, 0.717) is 0 Å². The lowest BCUT2D eigenvalue weighted by Gasteiger charge is -2.31. The standard InChI is InChI=1S/C15H15NO8/c1-3-22-13(17)11-8-9-7-10(16(20)21)5-6-12(9)24-15(11,19)14(18)23-4-2/h5-8,19H,3-4H2,1-2H3. The van der Waals surface area contributed by atoms with Gasteiger partial charge in [-0.1, -0.05) is 0 Å². The summed E-state index contributed by atoms with van der Waals surface area (Å²) in [5, 5.41) is 21.4. The molecule has 9 heteroatoms. The number of non-ortho nitro benzene ring substituents is 1. The van der Waals surface area contributed by atoms with Gasteiger partial charge in [-0.15, -0.1) is 0 Å². The molecule has 1 aliphatic rings. The third-order valence-electron chi connectivity index (χ3n) is 3.17. The van der Waals surface area contributed by atoms with E-state index < -0.39 is 28.2 Å². The molecule has 0 bridgehead atoms. The Kier molecular flexibility index (Phi) is 4.84. The number of nitrogens with zero attached hydrogens (tertiary/aromatic N) is 1. The van der Waals surface area contributed by atoms with E-state index in [0.717, 1.165) is 18.2 Å². The normalized spacial score (nSPS) is 18.7. The molecule has 1 aromatic rings. The highest BCUT2D eigenvalue weighted by atomic mass is 16.7. The molecule has 1 aromatic carbocycles. The quantitative estimate of drug-likeness (QED) is 0.482. The van der Waals surface area contributed by atoms with Crippen molar-refractivity contribution in [3.05, 3.63) is 39.4 Å². The van der Waals surface area contributed by atoms with Crippen LogP contribution in [-0.2, 0) is 19.1 Å². The van der Waals surface area contributed by atoms with Gasteiger partial charge in [0.1, 0.15) is 11.3 Å². The maximum absolute atomic E-state index is 12.1. The second-order valence-corrected chi connectivity index (χ2v) is 4.72. The van der Waals surface area contributed by atoms with Gasteiger partial charge in [-0.25, -0.2) is 9.59 Å². The minimum Gasteiger partial charge on any atom is -0.462 e. The van der Waals surface area contributed by atoms with Crippen molar-refractivity contribution in [1.82, 2.24) is 0 Å². The van der Waals surface area contributed by atoms with Gasteiger partial charge in [0.15, 0.2) is 0 Å². The fraction of sp³-hybridized carbons (Fsp3) is 0.333. The number of carbonyl (C=O) groups is 2. The molecule has 0 aliphatic carbocycles. The van der Waals surface area contributed by atoms with Crippen molar-refractivity contribution in [2.24, 2.45) is 0 Å². The minimum absolute atomic E-state index is 0.00310. The molecule has 1 unspecified atom stereocenters. The maximum atomic E-state index is 12.1. The van der Waals surface area contributed by atoms with E-state index in [-0.39, 0.29) is 30.2 Å². The van der Waals surface area contributed by atoms with Gasteiger partial charge in [0, 0.05) is 17.7 Å². The van der Waals surface area contributed by atoms with Crippen molar-refractivity contribution in [2.45, 2.75) is 19.6 Å². The average molecular weight is 337 g/mol. The molecule has 1 atom stereocenters. The van der Waals surface area contributed by atoms with Gasteiger partial charge >= 0.3 is 17.7 Å². The maximum Gasteiger partial charge on any atom is 0.385 e. The molecule has 0 amide bonds. The topological polar surface area (TPSA) is 125 Å². The molecule has 1 N–H and O–H groups in total. The van der Waals surface area contributed by atoms with Crippen LogP contribution < -0.4 is 4.74 Å². The largest absolute Gasteiger partial charge is 0.462 e. The van der Waals surface area contributed by atoms with Crippen LogP contribution in [0.2, 0.25) is 0 Å². The van der Waals surface area contributed by atoms with E-state index in [1.165, 1.54) is 13.0 Å². The van der Waals surface area contributed by atoms with Crippen molar-refractivity contribution in [3.8, 4) is 5.75 Å². The Morgan fingerprint density at radius 1 is 1.29 bits per heavy atom. The summed E-state index contributed by atoms with van der Waals surface area (Å²) < 4.78 is 14.8. The SMILES string of the molecule is CCOC(=O)C1=Cc2cc([N+](=O)[O-])ccc2OC1(O)C(=O)OCC. The molecule has 2 rings (SSSR count). The summed E-state index contributed by atoms with van der Waals surface area (Å²) in [4.78, 5) is 34.4. The smallest absolute Gasteiger partial charge is 0.385 e. The van der Waals surface area contributed by atoms with E-state index >= 15 is 0 Å². The molecule has 1 heterocycles. The van der Waals surface area contributed by atoms with Gasteiger partial charge in [-0.2, -0.15) is 0 Å². The highest BCUT2D eigenvalue weighted by Crippen LogP contribution is 2.37. The first-order valence-corrected chi connectivity index (χ1v) is 7.09. The first-order chi connectivity index (χ1) is 11.3. The summed E-state index contributed by atoms with van der Waals surface area (Å²) >= 11 is 0. The second kappa shape index (κ2) is 6.67. The third kappa shape index (κ3) is 3.06. The highest BCUT2D eigenvalue weighted by Gasteiger charge is 2.51. The van der Waals surface area contributed by atoms with E-state index in [9.17, 15) is 24.8 Å². The summed E-state index contributed by atoms with van der Waals surface area (Å²) in [6.45, 7) is 3.02. The zero-order chi connectivity index (χ0) is 17.9. The van der Waals surface area contributed by atoms with E-state index in [4.69, 9.17) is 14.2 Å². The van der Waals surface area contributed by atoms with Crippen LogP contribution in [0.3, 0.4) is 0 Å². The number of rotatable bonds is 5. The van der Waals surface area contributed by atoms with Crippen molar-refractivity contribution in [2.75, 3.05) is 13.2 Å². The van der Waals surface area contributed by atoms with Crippen LogP contribution in [0.15, 0.2) is 23.8 Å². The van der Waals surface area contributed by atoms with Gasteiger partial charge in [0.25, 0.3) is 5.69 Å². The van der Waals surface area contributed by atoms with Crippen molar-refractivity contribution < 1.29 is 33.8 Å². The van der Waals surface area contributed by atoms with Crippen molar-refractivity contribution >= 4 is 23.7 Å². The molecule has 0 saturated heterocycles. The lowest BCUT2D eigenvalue weighted by atomic mass is 9.98. The predicted molar refractivity (Wildman–Crippen MR) is 79.9 cm³/mol. The average Bonchev–Trinajstić information content (AvgIpc) is 2.54. The van der Waals surface area contributed by atoms with Gasteiger partial charge in [0.2, 0.25) is 0 Å². The van der Waals surface area contributed by atoms with Crippen LogP contribution in [0, 0.1) is 10.1 Å². The Labute approximate surface area is 136 Å². The number of fused-ring (bicyclic) bond motifs is 1. The first-order valence-electron chi connectivity index (χ1n) is 7.09. The second-order valence-electron chi connectivity index (χ2n) is 4.72. The molecule has 0 fully saturated rings. The Morgan fingerprint density at radius 3 is 2.54 bits per heavy atom. The number of ether oxygens (including phenoxy) is 3. The third-order valence-corrected chi connectivity index (χ3v) is 3.17. The fourth-order valence-electron chi connectivity index (χ4n) is 2.11. The highest BCUT2D eigenvalue weighted by molar-refractivity contribution is 6.04. The molecule has 24 heavy (non-hydrogen) atoms. The number of nitro groups is 1. The number of hydrogen-bond acceptors (Lipinski definition) is 8. The Morgan fingerprint density at radius 2 is 1.96 bits per heavy atom. The summed E-state index contributed by atoms with van der Waals surface area (Å²) in [6.07, 6.45) is 1.11. The van der Waals surface area contributed by atoms with E-state index in [2.05, 4.69) is 0 Å². The fourth-order valence-corrected chi connectivity index (χ4v) is 2.11. The molecule has 0 saturated carbocycles. The van der Waals surface area contributed by atoms with Crippen LogP contribution >= 0.6 is 0 Å². The summed E-state index contributed by atoms with van der Waals surface area (Å²) in [6, 6.07) is 3.52. The van der Waals surface area contributed by atoms with E-state index in [1.807, 2.05) is 0 Å². The number of benzene rings is 1. The Hall–Kier alpha value is -2.94. The Balaban J connectivity index is 2.56. The zero-order valence-corrected chi connectivity index (χ0v) is 13.0. The molecular formula is C15H15NO8. The van der Waals surface area contributed by atoms with Crippen molar-refractivity contribution in [1.29, 1.82) is 0 Å². The first kappa shape index (κ1) is 17.4. The molecular weight excluding hydrogens is 322 g/mol. The number of esters is 2. The van der Waals surface area contributed by atoms with Gasteiger partial charge in [0.05, 0.1) is 18.1 Å². The summed E-state index contributed by atoms with van der Waals surface area (Å²) in [7, 11) is 0. The number of aliphatic hydroxyl groups is 1. The monoisotopic (exact) mass is 337 g/mol.